The van der Waals surface area contributed by atoms with Gasteiger partial charge in [0.2, 0.25) is 0 Å². The summed E-state index contributed by atoms with van der Waals surface area (Å²) in [6, 6.07) is 23.2. The van der Waals surface area contributed by atoms with E-state index in [2.05, 4.69) is 12.1 Å². The van der Waals surface area contributed by atoms with E-state index in [1.165, 1.54) is 0 Å². The average molecular weight is 531 g/mol. The molecule has 0 fully saturated rings. The first-order valence-corrected chi connectivity index (χ1v) is 8.68. The molecule has 3 aromatic carbocycles. The first kappa shape index (κ1) is 14.6. The Morgan fingerprint density at radius 1 is 0.926 bits per heavy atom. The van der Waals surface area contributed by atoms with Gasteiger partial charge in [-0.05, 0) is 43.3 Å². The molecule has 2 nitrogen and oxygen atoms in total. The first-order chi connectivity index (χ1) is 13.9. The van der Waals surface area contributed by atoms with Crippen LogP contribution < -0.4 is 0 Å². The molecule has 0 spiro atoms. The zero-order valence-electron chi connectivity index (χ0n) is 18.0. The third kappa shape index (κ3) is 2.54. The fourth-order valence-corrected chi connectivity index (χ4v) is 3.98. The molecule has 0 saturated carbocycles. The van der Waals surface area contributed by atoms with Crippen molar-refractivity contribution in [2.45, 2.75) is 20.7 Å². The molecule has 0 aliphatic heterocycles. The maximum Gasteiger partial charge on any atom is 0.0669 e. The molecule has 5 rings (SSSR count). The number of pyridine rings is 1. The van der Waals surface area contributed by atoms with Crippen molar-refractivity contribution >= 4 is 27.3 Å². The second-order valence-corrected chi connectivity index (χ2v) is 6.71. The maximum absolute atomic E-state index is 8.20. The molecule has 135 valence electrons. The topological polar surface area (TPSA) is 17.3 Å². The van der Waals surface area contributed by atoms with E-state index in [1.807, 2.05) is 72.8 Å². The van der Waals surface area contributed by atoms with Gasteiger partial charge >= 0.3 is 0 Å². The third-order valence-electron chi connectivity index (χ3n) is 5.11. The van der Waals surface area contributed by atoms with Gasteiger partial charge in [0, 0.05) is 35.3 Å². The van der Waals surface area contributed by atoms with Gasteiger partial charge in [0.25, 0.3) is 0 Å². The Morgan fingerprint density at radius 2 is 1.67 bits per heavy atom. The van der Waals surface area contributed by atoms with Crippen molar-refractivity contribution in [2.24, 2.45) is 0 Å². The SMILES string of the molecule is [2H]C([2H])([2H])c1nc2c3[c-]cccc3c3ccccc3n2c1-c1c(C)cccc1C.[Ir]. The molecular weight excluding hydrogens is 508 g/mol. The fraction of sp³-hybridized carbons (Fsp3) is 0.125. The Hall–Kier alpha value is -2.48. The average Bonchev–Trinajstić information content (AvgIpc) is 3.09. The molecule has 5 aromatic rings. The van der Waals surface area contributed by atoms with E-state index in [4.69, 9.17) is 9.10 Å². The van der Waals surface area contributed by atoms with Crippen LogP contribution in [-0.2, 0) is 20.1 Å². The molecule has 0 unspecified atom stereocenters. The number of para-hydroxylation sites is 1. The first-order valence-electron chi connectivity index (χ1n) is 10.2. The number of nitrogens with zero attached hydrogens (tertiary/aromatic N) is 2. The van der Waals surface area contributed by atoms with Crippen LogP contribution in [0.15, 0.2) is 60.7 Å². The number of fused-ring (bicyclic) bond motifs is 6. The maximum atomic E-state index is 8.20. The number of imidazole rings is 1. The summed E-state index contributed by atoms with van der Waals surface area (Å²) in [6.45, 7) is 1.69. The van der Waals surface area contributed by atoms with Gasteiger partial charge in [-0.15, -0.1) is 29.7 Å². The van der Waals surface area contributed by atoms with Crippen LogP contribution in [0, 0.1) is 26.8 Å². The van der Waals surface area contributed by atoms with Gasteiger partial charge in [0.05, 0.1) is 17.0 Å². The zero-order valence-corrected chi connectivity index (χ0v) is 17.4. The van der Waals surface area contributed by atoms with E-state index >= 15 is 0 Å². The van der Waals surface area contributed by atoms with Crippen molar-refractivity contribution in [3.8, 4) is 11.3 Å². The van der Waals surface area contributed by atoms with Crippen molar-refractivity contribution < 1.29 is 24.2 Å². The van der Waals surface area contributed by atoms with E-state index in [0.29, 0.717) is 11.3 Å². The summed E-state index contributed by atoms with van der Waals surface area (Å²) in [5.74, 6) is 0. The van der Waals surface area contributed by atoms with Gasteiger partial charge in [-0.1, -0.05) is 41.8 Å². The van der Waals surface area contributed by atoms with Crippen LogP contribution in [0.4, 0.5) is 0 Å². The van der Waals surface area contributed by atoms with Crippen LogP contribution in [0.2, 0.25) is 0 Å². The second kappa shape index (κ2) is 6.60. The van der Waals surface area contributed by atoms with Gasteiger partial charge in [-0.25, -0.2) is 0 Å². The van der Waals surface area contributed by atoms with Crippen LogP contribution in [0.25, 0.3) is 38.6 Å². The monoisotopic (exact) mass is 531 g/mol. The zero-order chi connectivity index (χ0) is 20.3. The van der Waals surface area contributed by atoms with E-state index in [0.717, 1.165) is 38.4 Å². The number of aromatic nitrogens is 2. The second-order valence-electron chi connectivity index (χ2n) is 6.71. The standard InChI is InChI=1S/C24H19N2.Ir/c1-15-9-8-10-16(2)22(15)23-17(3)25-24-20-13-5-4-11-18(20)19-12-6-7-14-21(19)26(23)24;/h4-12,14H,1-3H3;/q-1;/i3D3;. The van der Waals surface area contributed by atoms with Crippen molar-refractivity contribution in [1.82, 2.24) is 9.38 Å². The minimum Gasteiger partial charge on any atom is -0.333 e. The molecule has 2 heterocycles. The largest absolute Gasteiger partial charge is 0.333 e. The summed E-state index contributed by atoms with van der Waals surface area (Å²) in [7, 11) is 0. The van der Waals surface area contributed by atoms with Crippen LogP contribution >= 0.6 is 0 Å². The van der Waals surface area contributed by atoms with Crippen LogP contribution in [0.1, 0.15) is 20.9 Å². The van der Waals surface area contributed by atoms with E-state index in [9.17, 15) is 0 Å². The predicted molar refractivity (Wildman–Crippen MR) is 109 cm³/mol. The summed E-state index contributed by atoms with van der Waals surface area (Å²) in [5, 5.41) is 2.90. The quantitative estimate of drug-likeness (QED) is 0.191. The normalized spacial score (nSPS) is 13.3. The van der Waals surface area contributed by atoms with Gasteiger partial charge in [0.15, 0.2) is 0 Å². The van der Waals surface area contributed by atoms with Crippen molar-refractivity contribution in [2.75, 3.05) is 0 Å². The summed E-state index contributed by atoms with van der Waals surface area (Å²) in [5.41, 5.74) is 5.32. The van der Waals surface area contributed by atoms with Crippen molar-refractivity contribution in [3.63, 3.8) is 0 Å². The summed E-state index contributed by atoms with van der Waals surface area (Å²) >= 11 is 0. The van der Waals surface area contributed by atoms with Crippen LogP contribution in [-0.4, -0.2) is 9.38 Å². The van der Waals surface area contributed by atoms with Crippen LogP contribution in [0.5, 0.6) is 0 Å². The molecule has 1 radical (unpaired) electrons. The van der Waals surface area contributed by atoms with Gasteiger partial charge < -0.3 is 4.40 Å². The number of hydrogen-bond donors (Lipinski definition) is 0. The van der Waals surface area contributed by atoms with Crippen LogP contribution in [0.3, 0.4) is 0 Å². The number of rotatable bonds is 1. The van der Waals surface area contributed by atoms with Gasteiger partial charge in [-0.3, -0.25) is 4.98 Å². The van der Waals surface area contributed by atoms with Gasteiger partial charge in [0.1, 0.15) is 0 Å². The van der Waals surface area contributed by atoms with E-state index in [1.54, 1.807) is 0 Å². The fourth-order valence-electron chi connectivity index (χ4n) is 3.98. The number of benzene rings is 3. The molecule has 0 aliphatic rings. The van der Waals surface area contributed by atoms with E-state index in [-0.39, 0.29) is 25.8 Å². The predicted octanol–water partition coefficient (Wildman–Crippen LogP) is 6.03. The molecular formula is C24H19IrN2-. The van der Waals surface area contributed by atoms with Crippen molar-refractivity contribution in [3.05, 3.63) is 83.6 Å². The van der Waals surface area contributed by atoms with E-state index < -0.39 is 6.85 Å². The minimum absolute atomic E-state index is 0. The summed E-state index contributed by atoms with van der Waals surface area (Å²) in [4.78, 5) is 4.69. The molecule has 27 heavy (non-hydrogen) atoms. The Morgan fingerprint density at radius 3 is 2.44 bits per heavy atom. The summed E-state index contributed by atoms with van der Waals surface area (Å²) in [6.07, 6.45) is 0. The molecule has 0 saturated heterocycles. The molecule has 0 N–H and O–H groups in total. The Bertz CT molecular complexity index is 1400. The molecule has 0 aliphatic carbocycles. The van der Waals surface area contributed by atoms with Gasteiger partial charge in [-0.2, -0.15) is 0 Å². The summed E-state index contributed by atoms with van der Waals surface area (Å²) < 4.78 is 26.6. The smallest absolute Gasteiger partial charge is 0.0669 e. The van der Waals surface area contributed by atoms with Crippen molar-refractivity contribution in [1.29, 1.82) is 0 Å². The number of hydrogen-bond acceptors (Lipinski definition) is 1. The molecule has 2 aromatic heterocycles. The minimum atomic E-state index is -2.34. The Balaban J connectivity index is 0.00000218. The Kier molecular flexibility index (Phi) is 3.56. The molecule has 0 bridgehead atoms. The molecule has 0 amide bonds. The Labute approximate surface area is 176 Å². The molecule has 3 heteroatoms. The number of aryl methyl sites for hydroxylation is 3. The molecule has 0 atom stereocenters. The third-order valence-corrected chi connectivity index (χ3v) is 5.11.